The van der Waals surface area contributed by atoms with E-state index in [9.17, 15) is 4.79 Å². The maximum absolute atomic E-state index is 13.8. The molecule has 3 heterocycles. The lowest BCUT2D eigenvalue weighted by atomic mass is 9.70. The highest BCUT2D eigenvalue weighted by Gasteiger charge is 2.40. The summed E-state index contributed by atoms with van der Waals surface area (Å²) in [5.41, 5.74) is 3.31. The van der Waals surface area contributed by atoms with Gasteiger partial charge in [0.25, 0.3) is 0 Å². The van der Waals surface area contributed by atoms with Gasteiger partial charge in [0, 0.05) is 29.9 Å². The summed E-state index contributed by atoms with van der Waals surface area (Å²) in [5.74, 6) is 0.615. The predicted molar refractivity (Wildman–Crippen MR) is 139 cm³/mol. The van der Waals surface area contributed by atoms with Crippen molar-refractivity contribution in [3.63, 3.8) is 0 Å². The third kappa shape index (κ3) is 4.69. The van der Waals surface area contributed by atoms with Crippen molar-refractivity contribution in [2.75, 3.05) is 19.6 Å². The van der Waals surface area contributed by atoms with Crippen LogP contribution in [0.4, 0.5) is 0 Å². The normalized spacial score (nSPS) is 19.8. The van der Waals surface area contributed by atoms with Gasteiger partial charge < -0.3 is 0 Å². The highest BCUT2D eigenvalue weighted by molar-refractivity contribution is 7.17. The molecule has 0 bridgehead atoms. The Morgan fingerprint density at radius 1 is 1.12 bits per heavy atom. The van der Waals surface area contributed by atoms with Crippen molar-refractivity contribution in [3.05, 3.63) is 71.4 Å². The van der Waals surface area contributed by atoms with Gasteiger partial charge in [-0.1, -0.05) is 49.6 Å². The molecule has 1 atom stereocenters. The van der Waals surface area contributed by atoms with E-state index in [1.807, 2.05) is 29.7 Å². The van der Waals surface area contributed by atoms with E-state index in [0.29, 0.717) is 5.78 Å². The first-order chi connectivity index (χ1) is 16.1. The molecule has 33 heavy (non-hydrogen) atoms. The molecular weight excluding hydrogens is 424 g/mol. The third-order valence-electron chi connectivity index (χ3n) is 7.80. The van der Waals surface area contributed by atoms with Gasteiger partial charge >= 0.3 is 0 Å². The number of hydrogen-bond acceptors (Lipinski definition) is 4. The summed E-state index contributed by atoms with van der Waals surface area (Å²) in [6.07, 6.45) is 11.9. The number of thiophene rings is 1. The van der Waals surface area contributed by atoms with Gasteiger partial charge in [-0.2, -0.15) is 0 Å². The van der Waals surface area contributed by atoms with E-state index in [4.69, 9.17) is 0 Å². The Bertz CT molecular complexity index is 1130. The largest absolute Gasteiger partial charge is 0.299 e. The van der Waals surface area contributed by atoms with E-state index in [1.54, 1.807) is 0 Å². The minimum Gasteiger partial charge on any atom is -0.299 e. The molecular formula is C29H34N2OS. The summed E-state index contributed by atoms with van der Waals surface area (Å²) >= 11 is 1.84. The molecule has 1 aliphatic heterocycles. The van der Waals surface area contributed by atoms with Gasteiger partial charge in [0.1, 0.15) is 5.78 Å². The molecule has 4 heteroatoms. The molecule has 2 aromatic heterocycles. The average molecular weight is 459 g/mol. The molecule has 172 valence electrons. The van der Waals surface area contributed by atoms with Crippen molar-refractivity contribution < 1.29 is 4.79 Å². The van der Waals surface area contributed by atoms with Crippen LogP contribution in [0.3, 0.4) is 0 Å². The zero-order chi connectivity index (χ0) is 22.7. The highest BCUT2D eigenvalue weighted by Crippen LogP contribution is 2.37. The van der Waals surface area contributed by atoms with Gasteiger partial charge in [0.15, 0.2) is 0 Å². The van der Waals surface area contributed by atoms with Crippen LogP contribution in [0.15, 0.2) is 60.1 Å². The maximum atomic E-state index is 13.8. The lowest BCUT2D eigenvalue weighted by Gasteiger charge is -2.35. The molecule has 3 nitrogen and oxygen atoms in total. The second-order valence-electron chi connectivity index (χ2n) is 9.92. The van der Waals surface area contributed by atoms with Gasteiger partial charge in [-0.15, -0.1) is 11.3 Å². The van der Waals surface area contributed by atoms with Crippen molar-refractivity contribution in [1.82, 2.24) is 9.88 Å². The lowest BCUT2D eigenvalue weighted by Crippen LogP contribution is -2.42. The quantitative estimate of drug-likeness (QED) is 0.387. The van der Waals surface area contributed by atoms with Crippen LogP contribution in [-0.2, 0) is 10.2 Å². The SMILES string of the molecule is CC(CCN1CC=C(c2csc3ccccc23)CC1)(C(=O)C1CCCCC1)c1ccccn1. The van der Waals surface area contributed by atoms with Gasteiger partial charge in [-0.25, -0.2) is 0 Å². The number of benzene rings is 1. The fraction of sp³-hybridized carbons (Fsp3) is 0.448. The lowest BCUT2D eigenvalue weighted by molar-refractivity contribution is -0.129. The Morgan fingerprint density at radius 2 is 1.94 bits per heavy atom. The zero-order valence-electron chi connectivity index (χ0n) is 19.6. The van der Waals surface area contributed by atoms with Crippen molar-refractivity contribution in [2.45, 2.75) is 57.3 Å². The van der Waals surface area contributed by atoms with Crippen molar-refractivity contribution in [2.24, 2.45) is 5.92 Å². The van der Waals surface area contributed by atoms with Crippen molar-refractivity contribution in [3.8, 4) is 0 Å². The number of rotatable bonds is 7. The second-order valence-corrected chi connectivity index (χ2v) is 10.8. The molecule has 0 saturated heterocycles. The number of ketones is 1. The Balaban J connectivity index is 1.29. The molecule has 1 aromatic carbocycles. The predicted octanol–water partition coefficient (Wildman–Crippen LogP) is 6.88. The fourth-order valence-corrected chi connectivity index (χ4v) is 6.63. The number of hydrogen-bond donors (Lipinski definition) is 0. The second kappa shape index (κ2) is 9.90. The van der Waals surface area contributed by atoms with E-state index in [0.717, 1.165) is 51.0 Å². The van der Waals surface area contributed by atoms with Crippen LogP contribution in [0.1, 0.15) is 63.1 Å². The number of carbonyl (C=O) groups is 1. The highest BCUT2D eigenvalue weighted by atomic mass is 32.1. The standard InChI is InChI=1S/C29H34N2OS/c1-29(27-13-7-8-17-30-27,28(32)23-9-3-2-4-10-23)16-20-31-18-14-22(15-19-31)25-21-33-26-12-6-5-11-24(25)26/h5-8,11-14,17,21,23H,2-4,9-10,15-16,18-20H2,1H3. The van der Waals surface area contributed by atoms with E-state index >= 15 is 0 Å². The van der Waals surface area contributed by atoms with Crippen LogP contribution in [0, 0.1) is 5.92 Å². The van der Waals surface area contributed by atoms with Crippen LogP contribution in [-0.4, -0.2) is 35.3 Å². The van der Waals surface area contributed by atoms with Crippen LogP contribution in [0.5, 0.6) is 0 Å². The first kappa shape index (κ1) is 22.5. The number of pyridine rings is 1. The van der Waals surface area contributed by atoms with E-state index in [2.05, 4.69) is 58.6 Å². The summed E-state index contributed by atoms with van der Waals surface area (Å²) in [6, 6.07) is 14.7. The molecule has 5 rings (SSSR count). The Kier molecular flexibility index (Phi) is 6.75. The summed E-state index contributed by atoms with van der Waals surface area (Å²) in [6.45, 7) is 5.08. The topological polar surface area (TPSA) is 33.2 Å². The molecule has 2 aliphatic rings. The molecule has 1 unspecified atom stereocenters. The number of carbonyl (C=O) groups excluding carboxylic acids is 1. The first-order valence-electron chi connectivity index (χ1n) is 12.5. The Labute approximate surface area is 201 Å². The summed E-state index contributed by atoms with van der Waals surface area (Å²) in [5, 5.41) is 3.69. The molecule has 0 amide bonds. The average Bonchev–Trinajstić information content (AvgIpc) is 3.32. The fourth-order valence-electron chi connectivity index (χ4n) is 5.65. The third-order valence-corrected chi connectivity index (χ3v) is 8.76. The van der Waals surface area contributed by atoms with Crippen LogP contribution in [0.2, 0.25) is 0 Å². The van der Waals surface area contributed by atoms with E-state index < -0.39 is 5.41 Å². The zero-order valence-corrected chi connectivity index (χ0v) is 20.4. The molecule has 0 N–H and O–H groups in total. The molecule has 1 saturated carbocycles. The smallest absolute Gasteiger partial charge is 0.147 e. The number of Topliss-reactive ketones (excluding diaryl/α,β-unsaturated/α-hetero) is 1. The van der Waals surface area contributed by atoms with Gasteiger partial charge in [-0.3, -0.25) is 14.7 Å². The summed E-state index contributed by atoms with van der Waals surface area (Å²) in [7, 11) is 0. The monoisotopic (exact) mass is 458 g/mol. The maximum Gasteiger partial charge on any atom is 0.147 e. The number of aromatic nitrogens is 1. The van der Waals surface area contributed by atoms with Crippen molar-refractivity contribution >= 4 is 32.8 Å². The number of nitrogens with zero attached hydrogens (tertiary/aromatic N) is 2. The van der Waals surface area contributed by atoms with Gasteiger partial charge in [0.2, 0.25) is 0 Å². The van der Waals surface area contributed by atoms with Gasteiger partial charge in [-0.05, 0) is 79.3 Å². The Hall–Kier alpha value is -2.30. The van der Waals surface area contributed by atoms with Gasteiger partial charge in [0.05, 0.1) is 11.1 Å². The molecule has 3 aromatic rings. The minimum absolute atomic E-state index is 0.200. The molecule has 1 aliphatic carbocycles. The van der Waals surface area contributed by atoms with E-state index in [1.165, 1.54) is 40.5 Å². The van der Waals surface area contributed by atoms with Crippen LogP contribution >= 0.6 is 11.3 Å². The number of fused-ring (bicyclic) bond motifs is 1. The minimum atomic E-state index is -0.503. The molecule has 1 fully saturated rings. The summed E-state index contributed by atoms with van der Waals surface area (Å²) in [4.78, 5) is 20.9. The van der Waals surface area contributed by atoms with E-state index in [-0.39, 0.29) is 5.92 Å². The summed E-state index contributed by atoms with van der Waals surface area (Å²) < 4.78 is 1.36. The molecule has 0 spiro atoms. The van der Waals surface area contributed by atoms with Crippen LogP contribution < -0.4 is 0 Å². The van der Waals surface area contributed by atoms with Crippen molar-refractivity contribution in [1.29, 1.82) is 0 Å². The Morgan fingerprint density at radius 3 is 2.70 bits per heavy atom. The first-order valence-corrected chi connectivity index (χ1v) is 13.4. The van der Waals surface area contributed by atoms with Crippen LogP contribution in [0.25, 0.3) is 15.7 Å². The molecule has 0 radical (unpaired) electrons.